The number of aromatic nitrogens is 2. The summed E-state index contributed by atoms with van der Waals surface area (Å²) in [6, 6.07) is 0. The molecule has 0 aromatic carbocycles. The Balaban J connectivity index is 2.65. The third-order valence-corrected chi connectivity index (χ3v) is 2.43. The molecule has 0 aliphatic carbocycles. The lowest BCUT2D eigenvalue weighted by atomic mass is 10.0. The molecule has 8 heteroatoms. The zero-order valence-corrected chi connectivity index (χ0v) is 9.35. The zero-order chi connectivity index (χ0) is 13.3. The van der Waals surface area contributed by atoms with Crippen LogP contribution >= 0.6 is 0 Å². The van der Waals surface area contributed by atoms with Crippen molar-refractivity contribution in [1.29, 1.82) is 0 Å². The van der Waals surface area contributed by atoms with Gasteiger partial charge in [0.05, 0.1) is 6.20 Å². The van der Waals surface area contributed by atoms with Crippen molar-refractivity contribution >= 4 is 5.91 Å². The minimum atomic E-state index is -4.79. The molecule has 5 nitrogen and oxygen atoms in total. The van der Waals surface area contributed by atoms with E-state index in [-0.39, 0.29) is 6.54 Å². The summed E-state index contributed by atoms with van der Waals surface area (Å²) < 4.78 is 37.3. The standard InChI is InChI=1S/C9H13F3N4O/c1-5-6(4-15-16-5)3-14-7(17)8(2,13)9(10,11)12/h4H,3,13H2,1-2H3,(H,14,17)(H,15,16). The van der Waals surface area contributed by atoms with E-state index < -0.39 is 17.6 Å². The highest BCUT2D eigenvalue weighted by molar-refractivity contribution is 5.86. The van der Waals surface area contributed by atoms with Crippen molar-refractivity contribution in [3.8, 4) is 0 Å². The van der Waals surface area contributed by atoms with Gasteiger partial charge in [0.25, 0.3) is 0 Å². The maximum absolute atomic E-state index is 12.4. The molecule has 0 saturated carbocycles. The Bertz CT molecular complexity index is 411. The van der Waals surface area contributed by atoms with Gasteiger partial charge in [0.15, 0.2) is 5.54 Å². The SMILES string of the molecule is Cc1[nH]ncc1CNC(=O)C(C)(N)C(F)(F)F. The highest BCUT2D eigenvalue weighted by Crippen LogP contribution is 2.27. The van der Waals surface area contributed by atoms with Crippen molar-refractivity contribution in [2.24, 2.45) is 5.73 Å². The Morgan fingerprint density at radius 3 is 2.59 bits per heavy atom. The minimum absolute atomic E-state index is 0.0516. The monoisotopic (exact) mass is 250 g/mol. The van der Waals surface area contributed by atoms with E-state index in [1.165, 1.54) is 6.20 Å². The van der Waals surface area contributed by atoms with Gasteiger partial charge >= 0.3 is 6.18 Å². The molecular weight excluding hydrogens is 237 g/mol. The van der Waals surface area contributed by atoms with E-state index in [4.69, 9.17) is 5.73 Å². The lowest BCUT2D eigenvalue weighted by molar-refractivity contribution is -0.187. The molecule has 1 aromatic rings. The number of aryl methyl sites for hydroxylation is 1. The molecule has 0 fully saturated rings. The van der Waals surface area contributed by atoms with Crippen LogP contribution in [0.3, 0.4) is 0 Å². The lowest BCUT2D eigenvalue weighted by Crippen LogP contribution is -2.61. The third kappa shape index (κ3) is 2.76. The summed E-state index contributed by atoms with van der Waals surface area (Å²) in [5, 5.41) is 8.42. The van der Waals surface area contributed by atoms with Crippen LogP contribution in [0.5, 0.6) is 0 Å². The molecule has 1 aromatic heterocycles. The number of nitrogens with one attached hydrogen (secondary N) is 2. The Hall–Kier alpha value is -1.57. The van der Waals surface area contributed by atoms with Gasteiger partial charge in [-0.15, -0.1) is 0 Å². The zero-order valence-electron chi connectivity index (χ0n) is 9.35. The van der Waals surface area contributed by atoms with Crippen LogP contribution in [-0.2, 0) is 11.3 Å². The molecule has 0 aliphatic rings. The molecule has 0 spiro atoms. The second-order valence-corrected chi connectivity index (χ2v) is 3.90. The summed E-state index contributed by atoms with van der Waals surface area (Å²) in [6.45, 7) is 2.27. The van der Waals surface area contributed by atoms with E-state index >= 15 is 0 Å². The van der Waals surface area contributed by atoms with E-state index in [9.17, 15) is 18.0 Å². The molecule has 0 aliphatic heterocycles. The maximum atomic E-state index is 12.4. The van der Waals surface area contributed by atoms with Crippen molar-refractivity contribution in [3.05, 3.63) is 17.5 Å². The molecule has 1 rings (SSSR count). The average Bonchev–Trinajstić information content (AvgIpc) is 2.58. The van der Waals surface area contributed by atoms with Crippen LogP contribution in [0.4, 0.5) is 13.2 Å². The number of H-pyrrole nitrogens is 1. The molecule has 1 heterocycles. The predicted octanol–water partition coefficient (Wildman–Crippen LogP) is 0.614. The van der Waals surface area contributed by atoms with Crippen LogP contribution in [-0.4, -0.2) is 27.8 Å². The Morgan fingerprint density at radius 2 is 2.18 bits per heavy atom. The number of carbonyl (C=O) groups is 1. The van der Waals surface area contributed by atoms with Crippen molar-refractivity contribution in [2.75, 3.05) is 0 Å². The van der Waals surface area contributed by atoms with E-state index in [1.807, 2.05) is 0 Å². The predicted molar refractivity (Wildman–Crippen MR) is 53.8 cm³/mol. The molecule has 96 valence electrons. The normalized spacial score (nSPS) is 15.4. The average molecular weight is 250 g/mol. The fourth-order valence-electron chi connectivity index (χ4n) is 1.04. The lowest BCUT2D eigenvalue weighted by Gasteiger charge is -2.26. The van der Waals surface area contributed by atoms with Crippen LogP contribution in [0, 0.1) is 6.92 Å². The summed E-state index contributed by atoms with van der Waals surface area (Å²) in [5.41, 5.74) is 3.34. The van der Waals surface area contributed by atoms with Crippen molar-refractivity contribution in [2.45, 2.75) is 32.1 Å². The van der Waals surface area contributed by atoms with Gasteiger partial charge in [-0.2, -0.15) is 18.3 Å². The fraction of sp³-hybridized carbons (Fsp3) is 0.556. The number of nitrogens with two attached hydrogens (primary N) is 1. The van der Waals surface area contributed by atoms with Crippen LogP contribution < -0.4 is 11.1 Å². The smallest absolute Gasteiger partial charge is 0.350 e. The maximum Gasteiger partial charge on any atom is 0.415 e. The van der Waals surface area contributed by atoms with Gasteiger partial charge in [-0.25, -0.2) is 0 Å². The Labute approximate surface area is 95.6 Å². The van der Waals surface area contributed by atoms with Gasteiger partial charge < -0.3 is 11.1 Å². The molecule has 1 unspecified atom stereocenters. The summed E-state index contributed by atoms with van der Waals surface area (Å²) in [6.07, 6.45) is -3.36. The molecule has 0 saturated heterocycles. The molecule has 4 N–H and O–H groups in total. The number of hydrogen-bond donors (Lipinski definition) is 3. The third-order valence-electron chi connectivity index (χ3n) is 2.43. The largest absolute Gasteiger partial charge is 0.415 e. The van der Waals surface area contributed by atoms with Crippen LogP contribution in [0.25, 0.3) is 0 Å². The first-order valence-electron chi connectivity index (χ1n) is 4.79. The van der Waals surface area contributed by atoms with E-state index in [1.54, 1.807) is 6.92 Å². The molecule has 1 atom stereocenters. The summed E-state index contributed by atoms with van der Waals surface area (Å²) >= 11 is 0. The van der Waals surface area contributed by atoms with Gasteiger partial charge in [0.2, 0.25) is 5.91 Å². The number of carbonyl (C=O) groups excluding carboxylic acids is 1. The molecule has 1 amide bonds. The summed E-state index contributed by atoms with van der Waals surface area (Å²) in [7, 11) is 0. The minimum Gasteiger partial charge on any atom is -0.350 e. The topological polar surface area (TPSA) is 83.8 Å². The van der Waals surface area contributed by atoms with Gasteiger partial charge in [-0.1, -0.05) is 0 Å². The first kappa shape index (κ1) is 13.5. The Kier molecular flexibility index (Phi) is 3.46. The summed E-state index contributed by atoms with van der Waals surface area (Å²) in [4.78, 5) is 11.3. The van der Waals surface area contributed by atoms with Crippen LogP contribution in [0.1, 0.15) is 18.2 Å². The van der Waals surface area contributed by atoms with Gasteiger partial charge in [0, 0.05) is 17.8 Å². The van der Waals surface area contributed by atoms with Crippen molar-refractivity contribution < 1.29 is 18.0 Å². The second-order valence-electron chi connectivity index (χ2n) is 3.90. The van der Waals surface area contributed by atoms with Gasteiger partial charge in [-0.05, 0) is 13.8 Å². The van der Waals surface area contributed by atoms with Crippen LogP contribution in [0.2, 0.25) is 0 Å². The molecular formula is C9H13F3N4O. The number of amides is 1. The van der Waals surface area contributed by atoms with E-state index in [0.29, 0.717) is 18.2 Å². The number of alkyl halides is 3. The fourth-order valence-corrected chi connectivity index (χ4v) is 1.04. The highest BCUT2D eigenvalue weighted by atomic mass is 19.4. The van der Waals surface area contributed by atoms with E-state index in [0.717, 1.165) is 0 Å². The number of rotatable bonds is 3. The molecule has 0 bridgehead atoms. The van der Waals surface area contributed by atoms with Gasteiger partial charge in [0.1, 0.15) is 0 Å². The number of hydrogen-bond acceptors (Lipinski definition) is 3. The molecule has 17 heavy (non-hydrogen) atoms. The Morgan fingerprint density at radius 1 is 1.59 bits per heavy atom. The van der Waals surface area contributed by atoms with E-state index in [2.05, 4.69) is 15.5 Å². The number of nitrogens with zero attached hydrogens (tertiary/aromatic N) is 1. The van der Waals surface area contributed by atoms with Crippen LogP contribution in [0.15, 0.2) is 6.20 Å². The molecule has 0 radical (unpaired) electrons. The quantitative estimate of drug-likeness (QED) is 0.735. The van der Waals surface area contributed by atoms with Crippen molar-refractivity contribution in [3.63, 3.8) is 0 Å². The van der Waals surface area contributed by atoms with Crippen molar-refractivity contribution in [1.82, 2.24) is 15.5 Å². The number of aromatic amines is 1. The summed E-state index contributed by atoms with van der Waals surface area (Å²) in [5.74, 6) is -1.27. The second kappa shape index (κ2) is 4.36. The van der Waals surface area contributed by atoms with Gasteiger partial charge in [-0.3, -0.25) is 9.89 Å². The number of halogens is 3. The first-order valence-corrected chi connectivity index (χ1v) is 4.79. The highest BCUT2D eigenvalue weighted by Gasteiger charge is 2.53. The first-order chi connectivity index (χ1) is 7.66.